The van der Waals surface area contributed by atoms with Crippen LogP contribution in [0.5, 0.6) is 0 Å². The highest BCUT2D eigenvalue weighted by molar-refractivity contribution is 14.1. The second-order valence-electron chi connectivity index (χ2n) is 3.91. The van der Waals surface area contributed by atoms with Crippen molar-refractivity contribution in [3.8, 4) is 0 Å². The average molecular weight is 311 g/mol. The SMILES string of the molecule is CCCCCCNCCCCCCI. The van der Waals surface area contributed by atoms with Crippen molar-refractivity contribution in [1.82, 2.24) is 5.32 Å². The molecule has 0 amide bonds. The molecule has 1 N–H and O–H groups in total. The third-order valence-corrected chi connectivity index (χ3v) is 3.21. The molecule has 0 rings (SSSR count). The summed E-state index contributed by atoms with van der Waals surface area (Å²) in [5.41, 5.74) is 0. The van der Waals surface area contributed by atoms with Gasteiger partial charge in [-0.3, -0.25) is 0 Å². The van der Waals surface area contributed by atoms with Crippen molar-refractivity contribution in [2.45, 2.75) is 58.3 Å². The number of hydrogen-bond donors (Lipinski definition) is 1. The third-order valence-electron chi connectivity index (χ3n) is 2.44. The Hall–Kier alpha value is 0.690. The van der Waals surface area contributed by atoms with E-state index in [9.17, 15) is 0 Å². The van der Waals surface area contributed by atoms with Crippen LogP contribution in [0.1, 0.15) is 58.3 Å². The molecule has 0 spiro atoms. The number of hydrogen-bond acceptors (Lipinski definition) is 1. The van der Waals surface area contributed by atoms with Gasteiger partial charge in [-0.25, -0.2) is 0 Å². The molecular weight excluding hydrogens is 285 g/mol. The van der Waals surface area contributed by atoms with Crippen LogP contribution in [-0.2, 0) is 0 Å². The van der Waals surface area contributed by atoms with Crippen molar-refractivity contribution in [1.29, 1.82) is 0 Å². The molecule has 0 aliphatic rings. The lowest BCUT2D eigenvalue weighted by Gasteiger charge is -2.03. The highest BCUT2D eigenvalue weighted by Crippen LogP contribution is 2.01. The van der Waals surface area contributed by atoms with Gasteiger partial charge in [0.2, 0.25) is 0 Å². The molecule has 0 aliphatic heterocycles. The van der Waals surface area contributed by atoms with E-state index in [0.29, 0.717) is 0 Å². The topological polar surface area (TPSA) is 12.0 Å². The van der Waals surface area contributed by atoms with Gasteiger partial charge in [0.15, 0.2) is 0 Å². The second kappa shape index (κ2) is 13.7. The van der Waals surface area contributed by atoms with Gasteiger partial charge in [-0.05, 0) is 36.8 Å². The fourth-order valence-electron chi connectivity index (χ4n) is 1.50. The molecule has 0 atom stereocenters. The summed E-state index contributed by atoms with van der Waals surface area (Å²) in [6, 6.07) is 0. The Morgan fingerprint density at radius 2 is 1.36 bits per heavy atom. The van der Waals surface area contributed by atoms with E-state index in [1.807, 2.05) is 0 Å². The van der Waals surface area contributed by atoms with Gasteiger partial charge in [0, 0.05) is 0 Å². The maximum Gasteiger partial charge on any atom is -0.000473 e. The molecule has 1 nitrogen and oxygen atoms in total. The number of alkyl halides is 1. The lowest BCUT2D eigenvalue weighted by molar-refractivity contribution is 0.565. The number of halogens is 1. The maximum atomic E-state index is 3.52. The van der Waals surface area contributed by atoms with Crippen molar-refractivity contribution in [2.24, 2.45) is 0 Å². The van der Waals surface area contributed by atoms with Crippen LogP contribution in [0.4, 0.5) is 0 Å². The van der Waals surface area contributed by atoms with Crippen molar-refractivity contribution in [3.63, 3.8) is 0 Å². The first-order valence-corrected chi connectivity index (χ1v) is 7.71. The minimum absolute atomic E-state index is 1.23. The number of unbranched alkanes of at least 4 members (excludes halogenated alkanes) is 6. The van der Waals surface area contributed by atoms with Gasteiger partial charge < -0.3 is 5.32 Å². The van der Waals surface area contributed by atoms with E-state index in [1.165, 1.54) is 68.9 Å². The summed E-state index contributed by atoms with van der Waals surface area (Å²) in [6.45, 7) is 4.72. The van der Waals surface area contributed by atoms with Crippen LogP contribution >= 0.6 is 22.6 Å². The fourth-order valence-corrected chi connectivity index (χ4v) is 2.04. The fraction of sp³-hybridized carbons (Fsp3) is 1.00. The zero-order chi connectivity index (χ0) is 10.5. The van der Waals surface area contributed by atoms with E-state index >= 15 is 0 Å². The van der Waals surface area contributed by atoms with Gasteiger partial charge in [0.05, 0.1) is 0 Å². The summed E-state index contributed by atoms with van der Waals surface area (Å²) in [4.78, 5) is 0. The highest BCUT2D eigenvalue weighted by Gasteiger charge is 1.90. The van der Waals surface area contributed by atoms with Crippen LogP contribution in [0.25, 0.3) is 0 Å². The van der Waals surface area contributed by atoms with Gasteiger partial charge in [0.1, 0.15) is 0 Å². The van der Waals surface area contributed by atoms with Crippen LogP contribution in [0.15, 0.2) is 0 Å². The Morgan fingerprint density at radius 1 is 0.786 bits per heavy atom. The predicted molar refractivity (Wildman–Crippen MR) is 74.4 cm³/mol. The van der Waals surface area contributed by atoms with Crippen LogP contribution in [0.2, 0.25) is 0 Å². The molecule has 0 radical (unpaired) electrons. The molecule has 0 aromatic rings. The van der Waals surface area contributed by atoms with E-state index in [1.54, 1.807) is 0 Å². The molecule has 0 fully saturated rings. The Labute approximate surface area is 104 Å². The van der Waals surface area contributed by atoms with Gasteiger partial charge in [-0.2, -0.15) is 0 Å². The van der Waals surface area contributed by atoms with E-state index in [2.05, 4.69) is 34.8 Å². The van der Waals surface area contributed by atoms with Crippen molar-refractivity contribution >= 4 is 22.6 Å². The largest absolute Gasteiger partial charge is 0.317 e. The van der Waals surface area contributed by atoms with Gasteiger partial charge in [0.25, 0.3) is 0 Å². The van der Waals surface area contributed by atoms with Crippen LogP contribution in [0, 0.1) is 0 Å². The third kappa shape index (κ3) is 12.7. The Morgan fingerprint density at radius 3 is 1.93 bits per heavy atom. The molecule has 0 bridgehead atoms. The minimum Gasteiger partial charge on any atom is -0.317 e. The molecule has 0 unspecified atom stereocenters. The molecule has 0 saturated heterocycles. The maximum absolute atomic E-state index is 3.52. The van der Waals surface area contributed by atoms with Crippen LogP contribution in [-0.4, -0.2) is 17.5 Å². The quantitative estimate of drug-likeness (QED) is 0.343. The summed E-state index contributed by atoms with van der Waals surface area (Å²) >= 11 is 2.46. The number of nitrogens with one attached hydrogen (secondary N) is 1. The average Bonchev–Trinajstić information content (AvgIpc) is 2.21. The molecule has 0 aromatic carbocycles. The smallest absolute Gasteiger partial charge is 0.000473 e. The highest BCUT2D eigenvalue weighted by atomic mass is 127. The predicted octanol–water partition coefficient (Wildman–Crippen LogP) is 4.15. The van der Waals surface area contributed by atoms with Crippen LogP contribution in [0.3, 0.4) is 0 Å². The van der Waals surface area contributed by atoms with Gasteiger partial charge in [-0.15, -0.1) is 0 Å². The van der Waals surface area contributed by atoms with Crippen molar-refractivity contribution in [3.05, 3.63) is 0 Å². The molecule has 2 heteroatoms. The summed E-state index contributed by atoms with van der Waals surface area (Å²) in [6.07, 6.45) is 11.1. The zero-order valence-corrected chi connectivity index (χ0v) is 11.8. The van der Waals surface area contributed by atoms with E-state index in [-0.39, 0.29) is 0 Å². The Balaban J connectivity index is 2.78. The summed E-state index contributed by atoms with van der Waals surface area (Å²) in [7, 11) is 0. The number of rotatable bonds is 11. The standard InChI is InChI=1S/C12H26IN/c1-2-3-4-8-11-14-12-9-6-5-7-10-13/h14H,2-12H2,1H3. The molecule has 14 heavy (non-hydrogen) atoms. The molecule has 0 aliphatic carbocycles. The van der Waals surface area contributed by atoms with E-state index in [0.717, 1.165) is 0 Å². The lowest BCUT2D eigenvalue weighted by Crippen LogP contribution is -2.16. The van der Waals surface area contributed by atoms with E-state index in [4.69, 9.17) is 0 Å². The van der Waals surface area contributed by atoms with Crippen molar-refractivity contribution in [2.75, 3.05) is 17.5 Å². The first kappa shape index (κ1) is 14.7. The summed E-state index contributed by atoms with van der Waals surface area (Å²) in [5, 5.41) is 3.52. The normalized spacial score (nSPS) is 10.7. The molecule has 0 saturated carbocycles. The second-order valence-corrected chi connectivity index (χ2v) is 4.99. The molecular formula is C12H26IN. The Bertz CT molecular complexity index is 84.3. The van der Waals surface area contributed by atoms with Crippen LogP contribution < -0.4 is 5.32 Å². The molecule has 86 valence electrons. The minimum atomic E-state index is 1.23. The van der Waals surface area contributed by atoms with Gasteiger partial charge >= 0.3 is 0 Å². The first-order valence-electron chi connectivity index (χ1n) is 6.18. The molecule has 0 heterocycles. The van der Waals surface area contributed by atoms with Gasteiger partial charge in [-0.1, -0.05) is 61.6 Å². The first-order chi connectivity index (χ1) is 6.91. The van der Waals surface area contributed by atoms with Crippen molar-refractivity contribution < 1.29 is 0 Å². The monoisotopic (exact) mass is 311 g/mol. The summed E-state index contributed by atoms with van der Waals surface area (Å²) in [5.74, 6) is 0. The summed E-state index contributed by atoms with van der Waals surface area (Å²) < 4.78 is 1.32. The lowest BCUT2D eigenvalue weighted by atomic mass is 10.2. The molecule has 0 aromatic heterocycles. The zero-order valence-electron chi connectivity index (χ0n) is 9.66. The Kier molecular flexibility index (Phi) is 14.4. The van der Waals surface area contributed by atoms with E-state index < -0.39 is 0 Å².